The van der Waals surface area contributed by atoms with E-state index in [0.29, 0.717) is 5.92 Å². The highest BCUT2D eigenvalue weighted by molar-refractivity contribution is 5.74. The van der Waals surface area contributed by atoms with E-state index in [4.69, 9.17) is 0 Å². The van der Waals surface area contributed by atoms with Crippen LogP contribution in [0.1, 0.15) is 76.7 Å². The summed E-state index contributed by atoms with van der Waals surface area (Å²) in [6.07, 6.45) is 20.4. The van der Waals surface area contributed by atoms with Gasteiger partial charge in [0, 0.05) is 0 Å². The van der Waals surface area contributed by atoms with Gasteiger partial charge >= 0.3 is 0 Å². The normalized spacial score (nSPS) is 17.3. The second-order valence-electron chi connectivity index (χ2n) is 6.78. The van der Waals surface area contributed by atoms with Crippen LogP contribution < -0.4 is 0 Å². The number of hydrogen-bond donors (Lipinski definition) is 0. The highest BCUT2D eigenvalue weighted by atomic mass is 19.1. The fourth-order valence-corrected chi connectivity index (χ4v) is 3.28. The van der Waals surface area contributed by atoms with E-state index in [1.807, 2.05) is 12.1 Å². The van der Waals surface area contributed by atoms with Crippen molar-refractivity contribution in [2.75, 3.05) is 0 Å². The average Bonchev–Trinajstić information content (AvgIpc) is 2.59. The van der Waals surface area contributed by atoms with Gasteiger partial charge in [-0.1, -0.05) is 88.7 Å². The molecule has 0 heterocycles. The van der Waals surface area contributed by atoms with Gasteiger partial charge < -0.3 is 0 Å². The Bertz CT molecular complexity index is 495. The molecule has 1 aliphatic rings. The molecule has 0 aromatic heterocycles. The Morgan fingerprint density at radius 3 is 2.17 bits per heavy atom. The molecule has 0 amide bonds. The standard InChI is InChI=1S/C22H31F/c1-2-3-4-5-6-7-8-9-10-19-11-13-20(14-12-19)21-15-17-22(23)18-16-21/h11,13-19H,2-10,12H2,1H3. The number of allylic oxidation sites excluding steroid dienone is 4. The largest absolute Gasteiger partial charge is 0.207 e. The van der Waals surface area contributed by atoms with Crippen LogP contribution in [-0.4, -0.2) is 0 Å². The van der Waals surface area contributed by atoms with Crippen molar-refractivity contribution in [2.45, 2.75) is 71.1 Å². The maximum Gasteiger partial charge on any atom is 0.123 e. The molecule has 1 heteroatoms. The van der Waals surface area contributed by atoms with Crippen LogP contribution in [0.15, 0.2) is 42.5 Å². The molecule has 0 spiro atoms. The van der Waals surface area contributed by atoms with Gasteiger partial charge in [-0.05, 0) is 42.0 Å². The highest BCUT2D eigenvalue weighted by Crippen LogP contribution is 2.27. The molecular formula is C22H31F. The minimum absolute atomic E-state index is 0.165. The molecule has 0 saturated heterocycles. The smallest absolute Gasteiger partial charge is 0.123 e. The van der Waals surface area contributed by atoms with Gasteiger partial charge in [0.1, 0.15) is 5.82 Å². The lowest BCUT2D eigenvalue weighted by Gasteiger charge is -2.16. The summed E-state index contributed by atoms with van der Waals surface area (Å²) in [4.78, 5) is 0. The van der Waals surface area contributed by atoms with Crippen molar-refractivity contribution >= 4 is 5.57 Å². The molecule has 1 aromatic rings. The van der Waals surface area contributed by atoms with E-state index in [1.165, 1.54) is 75.5 Å². The Labute approximate surface area is 141 Å². The Morgan fingerprint density at radius 1 is 0.913 bits per heavy atom. The van der Waals surface area contributed by atoms with E-state index in [2.05, 4.69) is 25.2 Å². The third kappa shape index (κ3) is 6.72. The van der Waals surface area contributed by atoms with Gasteiger partial charge in [0.25, 0.3) is 0 Å². The molecular weight excluding hydrogens is 283 g/mol. The average molecular weight is 314 g/mol. The number of rotatable bonds is 10. The van der Waals surface area contributed by atoms with Crippen molar-refractivity contribution in [1.82, 2.24) is 0 Å². The summed E-state index contributed by atoms with van der Waals surface area (Å²) in [5.41, 5.74) is 2.35. The molecule has 0 bridgehead atoms. The molecule has 1 unspecified atom stereocenters. The van der Waals surface area contributed by atoms with Crippen molar-refractivity contribution in [3.63, 3.8) is 0 Å². The molecule has 0 nitrogen and oxygen atoms in total. The van der Waals surface area contributed by atoms with E-state index in [9.17, 15) is 4.39 Å². The van der Waals surface area contributed by atoms with Crippen LogP contribution in [-0.2, 0) is 0 Å². The molecule has 1 aromatic carbocycles. The van der Waals surface area contributed by atoms with Gasteiger partial charge in [0.05, 0.1) is 0 Å². The first-order valence-electron chi connectivity index (χ1n) is 9.44. The van der Waals surface area contributed by atoms with Crippen molar-refractivity contribution < 1.29 is 4.39 Å². The zero-order chi connectivity index (χ0) is 16.3. The van der Waals surface area contributed by atoms with Crippen LogP contribution in [0.3, 0.4) is 0 Å². The Hall–Kier alpha value is -1.37. The molecule has 23 heavy (non-hydrogen) atoms. The van der Waals surface area contributed by atoms with Crippen LogP contribution in [0.4, 0.5) is 4.39 Å². The van der Waals surface area contributed by atoms with Crippen molar-refractivity contribution in [2.24, 2.45) is 5.92 Å². The molecule has 126 valence electrons. The van der Waals surface area contributed by atoms with Crippen LogP contribution in [0, 0.1) is 11.7 Å². The SMILES string of the molecule is CCCCCCCCCCC1C=CC(c2ccc(F)cc2)=CC1. The van der Waals surface area contributed by atoms with Gasteiger partial charge in [-0.25, -0.2) is 4.39 Å². The lowest BCUT2D eigenvalue weighted by atomic mass is 9.89. The van der Waals surface area contributed by atoms with E-state index < -0.39 is 0 Å². The van der Waals surface area contributed by atoms with Gasteiger partial charge in [-0.15, -0.1) is 0 Å². The molecule has 0 N–H and O–H groups in total. The van der Waals surface area contributed by atoms with Crippen molar-refractivity contribution in [3.05, 3.63) is 53.9 Å². The number of benzene rings is 1. The summed E-state index contributed by atoms with van der Waals surface area (Å²) < 4.78 is 13.0. The Morgan fingerprint density at radius 2 is 1.57 bits per heavy atom. The van der Waals surface area contributed by atoms with Crippen LogP contribution >= 0.6 is 0 Å². The lowest BCUT2D eigenvalue weighted by Crippen LogP contribution is -2.00. The Balaban J connectivity index is 1.60. The van der Waals surface area contributed by atoms with Gasteiger partial charge in [-0.3, -0.25) is 0 Å². The summed E-state index contributed by atoms with van der Waals surface area (Å²) in [5.74, 6) is 0.529. The summed E-state index contributed by atoms with van der Waals surface area (Å²) in [6, 6.07) is 6.81. The van der Waals surface area contributed by atoms with Gasteiger partial charge in [0.15, 0.2) is 0 Å². The van der Waals surface area contributed by atoms with Gasteiger partial charge in [-0.2, -0.15) is 0 Å². The Kier molecular flexibility index (Phi) is 8.14. The third-order valence-electron chi connectivity index (χ3n) is 4.79. The minimum Gasteiger partial charge on any atom is -0.207 e. The predicted octanol–water partition coefficient (Wildman–Crippen LogP) is 7.32. The molecule has 0 fully saturated rings. The molecule has 0 radical (unpaired) electrons. The highest BCUT2D eigenvalue weighted by Gasteiger charge is 2.09. The molecule has 1 atom stereocenters. The van der Waals surface area contributed by atoms with E-state index in [-0.39, 0.29) is 5.82 Å². The predicted molar refractivity (Wildman–Crippen MR) is 98.9 cm³/mol. The summed E-state index contributed by atoms with van der Waals surface area (Å²) in [5, 5.41) is 0. The first kappa shape index (κ1) is 18.0. The van der Waals surface area contributed by atoms with E-state index in [0.717, 1.165) is 12.0 Å². The number of unbranched alkanes of at least 4 members (excludes halogenated alkanes) is 7. The second kappa shape index (κ2) is 10.4. The molecule has 2 rings (SSSR count). The van der Waals surface area contributed by atoms with Crippen molar-refractivity contribution in [3.8, 4) is 0 Å². The molecule has 0 aliphatic heterocycles. The zero-order valence-electron chi connectivity index (χ0n) is 14.6. The summed E-state index contributed by atoms with van der Waals surface area (Å²) in [6.45, 7) is 2.27. The topological polar surface area (TPSA) is 0 Å². The second-order valence-corrected chi connectivity index (χ2v) is 6.78. The zero-order valence-corrected chi connectivity index (χ0v) is 14.6. The van der Waals surface area contributed by atoms with Crippen LogP contribution in [0.25, 0.3) is 5.57 Å². The summed E-state index contributed by atoms with van der Waals surface area (Å²) in [7, 11) is 0. The van der Waals surface area contributed by atoms with Gasteiger partial charge in [0.2, 0.25) is 0 Å². The minimum atomic E-state index is -0.165. The van der Waals surface area contributed by atoms with Crippen molar-refractivity contribution in [1.29, 1.82) is 0 Å². The molecule has 1 aliphatic carbocycles. The quantitative estimate of drug-likeness (QED) is 0.397. The fraction of sp³-hybridized carbons (Fsp3) is 0.545. The van der Waals surface area contributed by atoms with E-state index in [1.54, 1.807) is 0 Å². The van der Waals surface area contributed by atoms with E-state index >= 15 is 0 Å². The number of halogens is 1. The summed E-state index contributed by atoms with van der Waals surface area (Å²) >= 11 is 0. The first-order chi connectivity index (χ1) is 11.3. The van der Waals surface area contributed by atoms with Crippen LogP contribution in [0.2, 0.25) is 0 Å². The fourth-order valence-electron chi connectivity index (χ4n) is 3.28. The number of hydrogen-bond acceptors (Lipinski definition) is 0. The lowest BCUT2D eigenvalue weighted by molar-refractivity contribution is 0.514. The van der Waals surface area contributed by atoms with Crippen LogP contribution in [0.5, 0.6) is 0 Å². The third-order valence-corrected chi connectivity index (χ3v) is 4.79. The monoisotopic (exact) mass is 314 g/mol. The maximum absolute atomic E-state index is 13.0. The molecule has 0 saturated carbocycles. The first-order valence-corrected chi connectivity index (χ1v) is 9.44. The maximum atomic E-state index is 13.0.